The zero-order chi connectivity index (χ0) is 16.8. The van der Waals surface area contributed by atoms with Gasteiger partial charge in [-0.2, -0.15) is 0 Å². The number of amides is 1. The maximum absolute atomic E-state index is 14.1. The lowest BCUT2D eigenvalue weighted by molar-refractivity contribution is -0.121. The molecule has 1 heterocycles. The topological polar surface area (TPSA) is 50.4 Å². The first-order valence-corrected chi connectivity index (χ1v) is 8.40. The molecular weight excluding hydrogens is 319 g/mol. The Kier molecular flexibility index (Phi) is 6.81. The van der Waals surface area contributed by atoms with Gasteiger partial charge in [0.25, 0.3) is 0 Å². The van der Waals surface area contributed by atoms with Gasteiger partial charge in [0.2, 0.25) is 5.91 Å². The Bertz CT molecular complexity index is 533. The zero-order valence-corrected chi connectivity index (χ0v) is 14.3. The number of benzene rings is 1. The van der Waals surface area contributed by atoms with Crippen molar-refractivity contribution in [2.45, 2.75) is 38.8 Å². The van der Waals surface area contributed by atoms with E-state index in [1.807, 2.05) is 13.8 Å². The lowest BCUT2D eigenvalue weighted by Gasteiger charge is -2.26. The van der Waals surface area contributed by atoms with E-state index in [1.165, 1.54) is 6.07 Å². The molecule has 1 saturated heterocycles. The summed E-state index contributed by atoms with van der Waals surface area (Å²) in [5, 5.41) is 6.52. The summed E-state index contributed by atoms with van der Waals surface area (Å²) >= 11 is 5.80. The van der Waals surface area contributed by atoms with Crippen LogP contribution in [0, 0.1) is 11.7 Å². The Hall–Kier alpha value is -1.17. The molecule has 1 aromatic rings. The summed E-state index contributed by atoms with van der Waals surface area (Å²) < 4.78 is 19.4. The van der Waals surface area contributed by atoms with E-state index >= 15 is 0 Å². The molecule has 1 amide bonds. The number of ether oxygens (including phenoxy) is 1. The molecule has 0 bridgehead atoms. The molecule has 1 aliphatic rings. The molecule has 23 heavy (non-hydrogen) atoms. The highest BCUT2D eigenvalue weighted by Gasteiger charge is 2.21. The number of carbonyl (C=O) groups is 1. The minimum Gasteiger partial charge on any atom is -0.381 e. The lowest BCUT2D eigenvalue weighted by atomic mass is 9.95. The molecule has 2 rings (SSSR count). The van der Waals surface area contributed by atoms with Crippen molar-refractivity contribution >= 4 is 17.5 Å². The molecule has 1 unspecified atom stereocenters. The normalized spacial score (nSPS) is 17.3. The maximum Gasteiger partial charge on any atom is 0.234 e. The largest absolute Gasteiger partial charge is 0.381 e. The molecule has 2 N–H and O–H groups in total. The van der Waals surface area contributed by atoms with E-state index in [0.717, 1.165) is 12.8 Å². The highest BCUT2D eigenvalue weighted by molar-refractivity contribution is 6.30. The van der Waals surface area contributed by atoms with Crippen LogP contribution in [0.4, 0.5) is 4.39 Å². The summed E-state index contributed by atoms with van der Waals surface area (Å²) in [5.41, 5.74) is 0.531. The monoisotopic (exact) mass is 342 g/mol. The van der Waals surface area contributed by atoms with Crippen LogP contribution >= 0.6 is 11.6 Å². The predicted molar refractivity (Wildman–Crippen MR) is 89.0 cm³/mol. The second-order valence-corrected chi connectivity index (χ2v) is 6.66. The minimum atomic E-state index is -0.353. The molecule has 1 fully saturated rings. The second-order valence-electron chi connectivity index (χ2n) is 6.22. The van der Waals surface area contributed by atoms with Crippen molar-refractivity contribution in [2.24, 2.45) is 5.92 Å². The fraction of sp³-hybridized carbons (Fsp3) is 0.588. The molecule has 4 nitrogen and oxygen atoms in total. The summed E-state index contributed by atoms with van der Waals surface area (Å²) in [5.74, 6) is -0.285. The molecule has 0 spiro atoms. The molecule has 128 valence electrons. The van der Waals surface area contributed by atoms with Crippen LogP contribution in [0.2, 0.25) is 5.02 Å². The van der Waals surface area contributed by atoms with E-state index in [-0.39, 0.29) is 36.3 Å². The van der Waals surface area contributed by atoms with Crippen LogP contribution in [0.3, 0.4) is 0 Å². The van der Waals surface area contributed by atoms with E-state index in [1.54, 1.807) is 12.1 Å². The summed E-state index contributed by atoms with van der Waals surface area (Å²) in [6.07, 6.45) is 1.68. The highest BCUT2D eigenvalue weighted by Crippen LogP contribution is 2.26. The van der Waals surface area contributed by atoms with Gasteiger partial charge in [-0.1, -0.05) is 31.5 Å². The predicted octanol–water partition coefficient (Wildman–Crippen LogP) is 3.06. The fourth-order valence-corrected chi connectivity index (χ4v) is 2.94. The first kappa shape index (κ1) is 18.2. The van der Waals surface area contributed by atoms with Gasteiger partial charge in [-0.05, 0) is 30.9 Å². The molecule has 1 aromatic carbocycles. The van der Waals surface area contributed by atoms with Crippen molar-refractivity contribution in [3.8, 4) is 0 Å². The summed E-state index contributed by atoms with van der Waals surface area (Å²) in [6, 6.07) is 4.57. The molecule has 0 radical (unpaired) electrons. The fourth-order valence-electron chi connectivity index (χ4n) is 2.78. The Morgan fingerprint density at radius 1 is 1.39 bits per heavy atom. The Balaban J connectivity index is 1.92. The van der Waals surface area contributed by atoms with E-state index in [9.17, 15) is 9.18 Å². The number of hydrogen-bond donors (Lipinski definition) is 2. The quantitative estimate of drug-likeness (QED) is 0.835. The Morgan fingerprint density at radius 3 is 2.70 bits per heavy atom. The molecular formula is C17H24ClFN2O2. The van der Waals surface area contributed by atoms with Gasteiger partial charge in [-0.25, -0.2) is 4.39 Å². The summed E-state index contributed by atoms with van der Waals surface area (Å²) in [4.78, 5) is 12.1. The van der Waals surface area contributed by atoms with Crippen LogP contribution in [0.15, 0.2) is 18.2 Å². The molecule has 1 aliphatic heterocycles. The highest BCUT2D eigenvalue weighted by atomic mass is 35.5. The second kappa shape index (κ2) is 8.62. The van der Waals surface area contributed by atoms with Gasteiger partial charge < -0.3 is 15.4 Å². The van der Waals surface area contributed by atoms with Crippen LogP contribution in [0.1, 0.15) is 38.3 Å². The van der Waals surface area contributed by atoms with Crippen molar-refractivity contribution in [1.29, 1.82) is 0 Å². The third kappa shape index (κ3) is 5.44. The Morgan fingerprint density at radius 2 is 2.09 bits per heavy atom. The van der Waals surface area contributed by atoms with Gasteiger partial charge in [0.05, 0.1) is 6.54 Å². The van der Waals surface area contributed by atoms with Gasteiger partial charge in [0.15, 0.2) is 0 Å². The van der Waals surface area contributed by atoms with Crippen LogP contribution < -0.4 is 10.6 Å². The molecule has 0 aliphatic carbocycles. The average Bonchev–Trinajstić information content (AvgIpc) is 2.50. The smallest absolute Gasteiger partial charge is 0.234 e. The Labute approximate surface area is 141 Å². The van der Waals surface area contributed by atoms with Crippen molar-refractivity contribution in [3.63, 3.8) is 0 Å². The van der Waals surface area contributed by atoms with Gasteiger partial charge in [-0.3, -0.25) is 4.79 Å². The summed E-state index contributed by atoms with van der Waals surface area (Å²) in [7, 11) is 0. The summed E-state index contributed by atoms with van der Waals surface area (Å²) in [6.45, 7) is 5.50. The lowest BCUT2D eigenvalue weighted by Crippen LogP contribution is -2.44. The van der Waals surface area contributed by atoms with Gasteiger partial charge in [0.1, 0.15) is 5.82 Å². The number of carbonyl (C=O) groups excluding carboxylic acids is 1. The van der Waals surface area contributed by atoms with Crippen molar-refractivity contribution in [3.05, 3.63) is 34.6 Å². The van der Waals surface area contributed by atoms with E-state index in [2.05, 4.69) is 10.6 Å². The van der Waals surface area contributed by atoms with Gasteiger partial charge >= 0.3 is 0 Å². The molecule has 0 aromatic heterocycles. The van der Waals surface area contributed by atoms with Crippen molar-refractivity contribution in [1.82, 2.24) is 10.6 Å². The molecule has 6 heteroatoms. The minimum absolute atomic E-state index is 0.0723. The number of rotatable bonds is 6. The average molecular weight is 343 g/mol. The third-order valence-electron chi connectivity index (χ3n) is 4.03. The van der Waals surface area contributed by atoms with Crippen molar-refractivity contribution < 1.29 is 13.9 Å². The van der Waals surface area contributed by atoms with E-state index < -0.39 is 0 Å². The molecule has 1 atom stereocenters. The first-order chi connectivity index (χ1) is 11.0. The van der Waals surface area contributed by atoms with Crippen molar-refractivity contribution in [2.75, 3.05) is 19.8 Å². The zero-order valence-electron chi connectivity index (χ0n) is 13.6. The first-order valence-electron chi connectivity index (χ1n) is 8.03. The van der Waals surface area contributed by atoms with E-state index in [0.29, 0.717) is 23.8 Å². The number of nitrogens with one attached hydrogen (secondary N) is 2. The maximum atomic E-state index is 14.1. The third-order valence-corrected chi connectivity index (χ3v) is 4.27. The van der Waals surface area contributed by atoms with Crippen LogP contribution in [-0.2, 0) is 9.53 Å². The van der Waals surface area contributed by atoms with Gasteiger partial charge in [-0.15, -0.1) is 0 Å². The number of halogens is 2. The SMILES string of the molecule is CC(C)C(NCC(=O)NC1CCOCC1)c1ccc(Cl)cc1F. The van der Waals surface area contributed by atoms with Crippen LogP contribution in [0.25, 0.3) is 0 Å². The van der Waals surface area contributed by atoms with E-state index in [4.69, 9.17) is 16.3 Å². The standard InChI is InChI=1S/C17H24ClFN2O2/c1-11(2)17(14-4-3-12(18)9-15(14)19)20-10-16(22)21-13-5-7-23-8-6-13/h3-4,9,11,13,17,20H,5-8,10H2,1-2H3,(H,21,22). The molecule has 0 saturated carbocycles. The number of hydrogen-bond acceptors (Lipinski definition) is 3. The van der Waals surface area contributed by atoms with Gasteiger partial charge in [0, 0.05) is 35.9 Å². The van der Waals surface area contributed by atoms with Crippen LogP contribution in [0.5, 0.6) is 0 Å². The van der Waals surface area contributed by atoms with Crippen LogP contribution in [-0.4, -0.2) is 31.7 Å².